The summed E-state index contributed by atoms with van der Waals surface area (Å²) in [7, 11) is 0. The Bertz CT molecular complexity index is 2070. The molecule has 0 aliphatic rings. The molecular weight excluding hydrogens is 883 g/mol. The number of fused-ring (bicyclic) bond motifs is 1. The quantitative estimate of drug-likeness (QED) is 0.0188. The lowest BCUT2D eigenvalue weighted by atomic mass is 10.2. The number of hydrogen-bond donors (Lipinski definition) is 1. The minimum absolute atomic E-state index is 0.0478. The van der Waals surface area contributed by atoms with E-state index in [9.17, 15) is 28.8 Å². The maximum atomic E-state index is 12.8. The number of anilines is 1. The molecule has 356 valence electrons. The minimum atomic E-state index is -0.911. The van der Waals surface area contributed by atoms with Crippen molar-refractivity contribution < 1.29 is 76.1 Å². The van der Waals surface area contributed by atoms with Crippen LogP contribution in [-0.4, -0.2) is 125 Å². The number of hydrazone groups is 1. The number of carbonyl (C=O) groups excluding carboxylic acids is 6. The molecule has 0 bridgehead atoms. The zero-order valence-corrected chi connectivity index (χ0v) is 37.4. The molecule has 1 N–H and O–H groups in total. The summed E-state index contributed by atoms with van der Waals surface area (Å²) < 4.78 is 55.8. The Morgan fingerprint density at radius 2 is 1.12 bits per heavy atom. The van der Waals surface area contributed by atoms with E-state index >= 15 is 0 Å². The first kappa shape index (κ1) is 53.4. The van der Waals surface area contributed by atoms with Gasteiger partial charge in [-0.25, -0.2) is 24.2 Å². The van der Waals surface area contributed by atoms with Crippen LogP contribution in [0.25, 0.3) is 10.2 Å². The first-order valence-corrected chi connectivity index (χ1v) is 21.6. The molecule has 20 heteroatoms. The van der Waals surface area contributed by atoms with Gasteiger partial charge in [-0.1, -0.05) is 49.8 Å². The normalized spacial score (nSPS) is 11.6. The first-order valence-electron chi connectivity index (χ1n) is 20.8. The molecule has 66 heavy (non-hydrogen) atoms. The molecule has 3 aromatic rings. The van der Waals surface area contributed by atoms with Crippen LogP contribution in [0.4, 0.5) is 5.13 Å². The van der Waals surface area contributed by atoms with Crippen molar-refractivity contribution in [1.82, 2.24) is 4.98 Å². The highest BCUT2D eigenvalue weighted by Gasteiger charge is 2.20. The fraction of sp³-hybridized carbons (Fsp3) is 0.391. The highest BCUT2D eigenvalue weighted by molar-refractivity contribution is 7.22. The summed E-state index contributed by atoms with van der Waals surface area (Å²) in [6.07, 6.45) is 5.48. The molecular formula is C46H55N3O16S. The molecule has 0 saturated carbocycles. The van der Waals surface area contributed by atoms with Crippen molar-refractivity contribution in [3.63, 3.8) is 0 Å². The summed E-state index contributed by atoms with van der Waals surface area (Å²) in [6.45, 7) is 13.4. The number of para-hydroxylation sites is 1. The van der Waals surface area contributed by atoms with Gasteiger partial charge in [-0.15, -0.1) is 0 Å². The summed E-state index contributed by atoms with van der Waals surface area (Å²) >= 11 is 1.40. The average Bonchev–Trinajstić information content (AvgIpc) is 3.74. The minimum Gasteiger partial charge on any atom is -0.490 e. The van der Waals surface area contributed by atoms with Crippen molar-refractivity contribution in [2.45, 2.75) is 50.7 Å². The van der Waals surface area contributed by atoms with E-state index in [1.54, 1.807) is 18.2 Å². The van der Waals surface area contributed by atoms with Gasteiger partial charge in [0.25, 0.3) is 0 Å². The van der Waals surface area contributed by atoms with Crippen LogP contribution >= 0.6 is 11.3 Å². The van der Waals surface area contributed by atoms with E-state index in [4.69, 9.17) is 47.4 Å². The highest BCUT2D eigenvalue weighted by Crippen LogP contribution is 2.27. The van der Waals surface area contributed by atoms with Gasteiger partial charge in [-0.05, 0) is 56.0 Å². The van der Waals surface area contributed by atoms with E-state index in [1.165, 1.54) is 17.6 Å². The molecule has 0 aliphatic heterocycles. The van der Waals surface area contributed by atoms with Gasteiger partial charge in [0, 0.05) is 43.1 Å². The van der Waals surface area contributed by atoms with E-state index in [2.05, 4.69) is 41.8 Å². The van der Waals surface area contributed by atoms with Crippen molar-refractivity contribution in [3.8, 4) is 11.5 Å². The number of benzene rings is 2. The average molecular weight is 938 g/mol. The predicted octanol–water partition coefficient (Wildman–Crippen LogP) is 5.61. The SMILES string of the molecule is C=CC(=O)OCCCCOCC(COc1ccc(OCC(COCCCCOC(=O)C=C)OC(=O)CCOC(=O)C=C)c(/C=N/Nc2nc3ccccc3s2)c1)OC(=O)CCOC(=O)C=C. The van der Waals surface area contributed by atoms with Crippen molar-refractivity contribution in [2.24, 2.45) is 5.10 Å². The summed E-state index contributed by atoms with van der Waals surface area (Å²) in [5.41, 5.74) is 4.15. The third-order valence-electron chi connectivity index (χ3n) is 8.33. The predicted molar refractivity (Wildman–Crippen MR) is 242 cm³/mol. The van der Waals surface area contributed by atoms with Gasteiger partial charge < -0.3 is 47.4 Å². The van der Waals surface area contributed by atoms with Crippen LogP contribution in [0.1, 0.15) is 44.1 Å². The van der Waals surface area contributed by atoms with E-state index in [-0.39, 0.29) is 78.9 Å². The van der Waals surface area contributed by atoms with E-state index in [0.717, 1.165) is 34.5 Å². The van der Waals surface area contributed by atoms with Gasteiger partial charge in [0.05, 0.1) is 55.7 Å². The van der Waals surface area contributed by atoms with Gasteiger partial charge in [0.2, 0.25) is 5.13 Å². The van der Waals surface area contributed by atoms with Crippen LogP contribution in [0, 0.1) is 0 Å². The third-order valence-corrected chi connectivity index (χ3v) is 9.27. The Morgan fingerprint density at radius 1 is 0.621 bits per heavy atom. The highest BCUT2D eigenvalue weighted by atomic mass is 32.1. The molecule has 2 unspecified atom stereocenters. The molecule has 2 atom stereocenters. The molecule has 0 amide bonds. The standard InChI is InChI=1S/C46H55N3O16S/c1-5-40(50)58-23-13-11-21-56-29-35(64-44(54)19-25-60-42(52)7-3)31-62-34-17-18-38(33(27-34)28-47-49-46-48-37-15-9-10-16-39(37)66-46)63-32-36(65-45(55)20-26-61-43(53)8-4)30-57-22-12-14-24-59-41(51)6-2/h5-10,15-18,27-28,35-36H,1-4,11-14,19-26,29-32H2,(H,48,49)/b47-28+. The molecule has 1 aromatic heterocycles. The number of thiazole rings is 1. The van der Waals surface area contributed by atoms with Gasteiger partial charge in [-0.3, -0.25) is 15.0 Å². The van der Waals surface area contributed by atoms with Gasteiger partial charge >= 0.3 is 35.8 Å². The molecule has 2 aromatic carbocycles. The van der Waals surface area contributed by atoms with Crippen LogP contribution in [0.2, 0.25) is 0 Å². The number of carbonyl (C=O) groups is 6. The topological polar surface area (TPSA) is 232 Å². The zero-order chi connectivity index (χ0) is 47.8. The lowest BCUT2D eigenvalue weighted by molar-refractivity contribution is -0.157. The number of nitrogens with one attached hydrogen (secondary N) is 1. The Balaban J connectivity index is 1.76. The Labute approximate surface area is 386 Å². The Kier molecular flexibility index (Phi) is 25.8. The maximum Gasteiger partial charge on any atom is 0.330 e. The number of aromatic nitrogens is 1. The largest absolute Gasteiger partial charge is 0.490 e. The van der Waals surface area contributed by atoms with Crippen molar-refractivity contribution in [3.05, 3.63) is 98.6 Å². The van der Waals surface area contributed by atoms with Crippen LogP contribution in [-0.2, 0) is 66.7 Å². The molecule has 0 radical (unpaired) electrons. The number of rotatable bonds is 35. The third kappa shape index (κ3) is 22.6. The molecule has 0 fully saturated rings. The molecule has 19 nitrogen and oxygen atoms in total. The van der Waals surface area contributed by atoms with Gasteiger partial charge in [-0.2, -0.15) is 5.10 Å². The number of ether oxygens (including phenoxy) is 10. The summed E-state index contributed by atoms with van der Waals surface area (Å²) in [6, 6.07) is 12.5. The van der Waals surface area contributed by atoms with Crippen molar-refractivity contribution in [1.29, 1.82) is 0 Å². The fourth-order valence-corrected chi connectivity index (χ4v) is 5.93. The Morgan fingerprint density at radius 3 is 1.65 bits per heavy atom. The van der Waals surface area contributed by atoms with Crippen molar-refractivity contribution in [2.75, 3.05) is 71.5 Å². The van der Waals surface area contributed by atoms with E-state index in [0.29, 0.717) is 47.9 Å². The van der Waals surface area contributed by atoms with Crippen LogP contribution in [0.5, 0.6) is 11.5 Å². The fourth-order valence-electron chi connectivity index (χ4n) is 5.11. The monoisotopic (exact) mass is 937 g/mol. The second-order valence-corrected chi connectivity index (χ2v) is 14.5. The smallest absolute Gasteiger partial charge is 0.330 e. The lowest BCUT2D eigenvalue weighted by Crippen LogP contribution is -2.31. The maximum absolute atomic E-state index is 12.8. The number of nitrogens with zero attached hydrogens (tertiary/aromatic N) is 2. The molecule has 0 aliphatic carbocycles. The summed E-state index contributed by atoms with van der Waals surface area (Å²) in [4.78, 5) is 75.5. The second kappa shape index (κ2) is 31.9. The van der Waals surface area contributed by atoms with Gasteiger partial charge in [0.15, 0.2) is 12.2 Å². The Hall–Kier alpha value is -6.90. The molecule has 0 saturated heterocycles. The number of esters is 6. The summed E-state index contributed by atoms with van der Waals surface area (Å²) in [5, 5.41) is 4.92. The molecule has 3 rings (SSSR count). The summed E-state index contributed by atoms with van der Waals surface area (Å²) in [5.74, 6) is -3.12. The van der Waals surface area contributed by atoms with Crippen LogP contribution < -0.4 is 14.9 Å². The first-order chi connectivity index (χ1) is 32.0. The lowest BCUT2D eigenvalue weighted by Gasteiger charge is -2.21. The zero-order valence-electron chi connectivity index (χ0n) is 36.6. The van der Waals surface area contributed by atoms with E-state index < -0.39 is 48.0 Å². The number of unbranched alkanes of at least 4 members (excludes halogenated alkanes) is 2. The molecule has 0 spiro atoms. The van der Waals surface area contributed by atoms with Gasteiger partial charge in [0.1, 0.15) is 37.9 Å². The van der Waals surface area contributed by atoms with Crippen LogP contribution in [0.3, 0.4) is 0 Å². The van der Waals surface area contributed by atoms with Crippen LogP contribution in [0.15, 0.2) is 98.2 Å². The second-order valence-electron chi connectivity index (χ2n) is 13.5. The van der Waals surface area contributed by atoms with E-state index in [1.807, 2.05) is 24.3 Å². The number of hydrogen-bond acceptors (Lipinski definition) is 20. The molecule has 1 heterocycles. The van der Waals surface area contributed by atoms with Crippen molar-refractivity contribution >= 4 is 68.7 Å².